The first-order valence-corrected chi connectivity index (χ1v) is 22.9. The molecule has 1 unspecified atom stereocenters. The van der Waals surface area contributed by atoms with Crippen LogP contribution in [-0.4, -0.2) is 9.13 Å². The molecule has 2 heterocycles. The van der Waals surface area contributed by atoms with Crippen molar-refractivity contribution in [3.63, 3.8) is 0 Å². The summed E-state index contributed by atoms with van der Waals surface area (Å²) in [5.74, 6) is 0.512. The fraction of sp³-hybridized carbons (Fsp3) is 0.0820. The third kappa shape index (κ3) is 6.86. The highest BCUT2D eigenvalue weighted by Gasteiger charge is 2.21. The van der Waals surface area contributed by atoms with Gasteiger partial charge >= 0.3 is 0 Å². The molecule has 312 valence electrons. The van der Waals surface area contributed by atoms with Crippen LogP contribution in [0.1, 0.15) is 26.2 Å². The summed E-state index contributed by atoms with van der Waals surface area (Å²) in [5, 5.41) is 5.06. The summed E-state index contributed by atoms with van der Waals surface area (Å²) in [6, 6.07) is 71.0. The molecule has 0 fully saturated rings. The summed E-state index contributed by atoms with van der Waals surface area (Å²) in [7, 11) is 0. The molecular weight excluding hydrogens is 789 g/mol. The standard InChI is InChI=1S/C61H48N4/c1-43-25-31-49(32-26-43)63(53-38-40-57-55-22-12-14-24-59(55)65(61(57)42-53)48-19-9-4-10-20-48)51-35-29-45(30-36-51)44-27-33-50(34-28-44)62(46-15-5-2-6-16-46)52-37-39-56-54-21-11-13-23-58(54)64(60(56)41-52)47-17-7-3-8-18-47/h2-7,9-17,19-25,27-43H,8,18,26H2,1H3. The fourth-order valence-electron chi connectivity index (χ4n) is 10.1. The molecule has 2 aliphatic carbocycles. The van der Waals surface area contributed by atoms with Gasteiger partial charge in [0.15, 0.2) is 0 Å². The van der Waals surface area contributed by atoms with Gasteiger partial charge in [0.25, 0.3) is 0 Å². The molecule has 1 atom stereocenters. The SMILES string of the molecule is CC1C=CC(N(c2ccc(-c3ccc(N(c4ccccc4)c4ccc5c6ccccc6n(C6=CC=CCC6)c5c4)cc3)cc2)c2ccc3c4ccccc4n(-c4ccccc4)c3c2)=CC1. The number of benzene rings is 8. The average molecular weight is 837 g/mol. The summed E-state index contributed by atoms with van der Waals surface area (Å²) < 4.78 is 4.87. The predicted octanol–water partition coefficient (Wildman–Crippen LogP) is 16.8. The number of hydrogen-bond acceptors (Lipinski definition) is 2. The van der Waals surface area contributed by atoms with Gasteiger partial charge in [0.2, 0.25) is 0 Å². The summed E-state index contributed by atoms with van der Waals surface area (Å²) in [5.41, 5.74) is 16.5. The highest BCUT2D eigenvalue weighted by molar-refractivity contribution is 6.12. The van der Waals surface area contributed by atoms with E-state index >= 15 is 0 Å². The first kappa shape index (κ1) is 38.6. The van der Waals surface area contributed by atoms with Crippen LogP contribution >= 0.6 is 0 Å². The number of rotatable bonds is 9. The number of hydrogen-bond donors (Lipinski definition) is 0. The van der Waals surface area contributed by atoms with E-state index in [0.29, 0.717) is 5.92 Å². The van der Waals surface area contributed by atoms with Gasteiger partial charge in [-0.15, -0.1) is 0 Å². The number of anilines is 5. The molecule has 0 saturated carbocycles. The zero-order valence-corrected chi connectivity index (χ0v) is 36.4. The van der Waals surface area contributed by atoms with E-state index in [1.807, 2.05) is 0 Å². The molecule has 2 aliphatic rings. The summed E-state index contributed by atoms with van der Waals surface area (Å²) in [6.07, 6.45) is 16.8. The maximum Gasteiger partial charge on any atom is 0.0561 e. The first-order chi connectivity index (χ1) is 32.2. The lowest BCUT2D eigenvalue weighted by molar-refractivity contribution is 0.728. The van der Waals surface area contributed by atoms with Gasteiger partial charge in [0.05, 0.1) is 22.1 Å². The van der Waals surface area contributed by atoms with Gasteiger partial charge < -0.3 is 18.9 Å². The Bertz CT molecular complexity index is 3510. The van der Waals surface area contributed by atoms with Gasteiger partial charge in [-0.05, 0) is 133 Å². The lowest BCUT2D eigenvalue weighted by Crippen LogP contribution is -2.17. The van der Waals surface area contributed by atoms with Crippen LogP contribution in [0, 0.1) is 5.92 Å². The third-order valence-electron chi connectivity index (χ3n) is 13.3. The number of fused-ring (bicyclic) bond motifs is 6. The molecular formula is C61H48N4. The van der Waals surface area contributed by atoms with Crippen molar-refractivity contribution in [3.05, 3.63) is 236 Å². The van der Waals surface area contributed by atoms with Crippen LogP contribution < -0.4 is 9.80 Å². The Balaban J connectivity index is 0.911. The number of nitrogens with zero attached hydrogens (tertiary/aromatic N) is 4. The monoisotopic (exact) mass is 836 g/mol. The van der Waals surface area contributed by atoms with Crippen molar-refractivity contribution in [2.75, 3.05) is 9.80 Å². The van der Waals surface area contributed by atoms with E-state index in [2.05, 4.69) is 256 Å². The smallest absolute Gasteiger partial charge is 0.0561 e. The maximum atomic E-state index is 2.47. The van der Waals surface area contributed by atoms with Crippen molar-refractivity contribution in [1.29, 1.82) is 0 Å². The van der Waals surface area contributed by atoms with Crippen molar-refractivity contribution in [3.8, 4) is 16.8 Å². The summed E-state index contributed by atoms with van der Waals surface area (Å²) >= 11 is 0. The van der Waals surface area contributed by atoms with Crippen molar-refractivity contribution in [1.82, 2.24) is 9.13 Å². The van der Waals surface area contributed by atoms with Gasteiger partial charge in [-0.25, -0.2) is 0 Å². The molecule has 0 radical (unpaired) electrons. The highest BCUT2D eigenvalue weighted by atomic mass is 15.2. The van der Waals surface area contributed by atoms with E-state index in [1.54, 1.807) is 0 Å². The van der Waals surface area contributed by atoms with Crippen LogP contribution in [0.4, 0.5) is 28.4 Å². The Hall–Kier alpha value is -8.08. The Morgan fingerprint density at radius 3 is 1.57 bits per heavy atom. The molecule has 0 spiro atoms. The van der Waals surface area contributed by atoms with Crippen molar-refractivity contribution >= 4 is 77.7 Å². The Morgan fingerprint density at radius 1 is 0.462 bits per heavy atom. The van der Waals surface area contributed by atoms with Crippen molar-refractivity contribution in [2.24, 2.45) is 5.92 Å². The Labute approximate surface area is 380 Å². The lowest BCUT2D eigenvalue weighted by Gasteiger charge is -2.29. The molecule has 10 aromatic rings. The lowest BCUT2D eigenvalue weighted by atomic mass is 9.99. The molecule has 0 N–H and O–H groups in total. The van der Waals surface area contributed by atoms with E-state index in [1.165, 1.54) is 66.1 Å². The molecule has 2 aromatic heterocycles. The molecule has 8 aromatic carbocycles. The number of aromatic nitrogens is 2. The minimum atomic E-state index is 0.512. The zero-order chi connectivity index (χ0) is 43.3. The zero-order valence-electron chi connectivity index (χ0n) is 36.4. The minimum absolute atomic E-state index is 0.512. The number of para-hydroxylation sites is 4. The van der Waals surface area contributed by atoms with Gasteiger partial charge in [-0.3, -0.25) is 0 Å². The molecule has 4 heteroatoms. The number of allylic oxidation sites excluding steroid dienone is 7. The van der Waals surface area contributed by atoms with E-state index in [9.17, 15) is 0 Å². The van der Waals surface area contributed by atoms with Crippen LogP contribution in [0.3, 0.4) is 0 Å². The van der Waals surface area contributed by atoms with E-state index < -0.39 is 0 Å². The largest absolute Gasteiger partial charge is 0.313 e. The van der Waals surface area contributed by atoms with Crippen LogP contribution in [0.5, 0.6) is 0 Å². The van der Waals surface area contributed by atoms with Gasteiger partial charge in [-0.1, -0.05) is 140 Å². The van der Waals surface area contributed by atoms with Gasteiger partial charge in [0, 0.05) is 67.1 Å². The second kappa shape index (κ2) is 16.2. The predicted molar refractivity (Wildman–Crippen MR) is 276 cm³/mol. The summed E-state index contributed by atoms with van der Waals surface area (Å²) in [4.78, 5) is 4.79. The molecule has 65 heavy (non-hydrogen) atoms. The van der Waals surface area contributed by atoms with Crippen LogP contribution in [0.15, 0.2) is 236 Å². The normalized spacial score (nSPS) is 14.9. The quantitative estimate of drug-likeness (QED) is 0.144. The molecule has 12 rings (SSSR count). The molecule has 4 nitrogen and oxygen atoms in total. The van der Waals surface area contributed by atoms with Gasteiger partial charge in [0.1, 0.15) is 0 Å². The minimum Gasteiger partial charge on any atom is -0.313 e. The fourth-order valence-corrected chi connectivity index (χ4v) is 10.1. The Morgan fingerprint density at radius 2 is 0.969 bits per heavy atom. The second-order valence-electron chi connectivity index (χ2n) is 17.4. The van der Waals surface area contributed by atoms with E-state index in [-0.39, 0.29) is 0 Å². The Kier molecular flexibility index (Phi) is 9.64. The highest BCUT2D eigenvalue weighted by Crippen LogP contribution is 2.42. The van der Waals surface area contributed by atoms with Crippen LogP contribution in [-0.2, 0) is 0 Å². The van der Waals surface area contributed by atoms with E-state index in [0.717, 1.165) is 53.4 Å². The van der Waals surface area contributed by atoms with Crippen molar-refractivity contribution in [2.45, 2.75) is 26.2 Å². The second-order valence-corrected chi connectivity index (χ2v) is 17.4. The molecule has 0 bridgehead atoms. The third-order valence-corrected chi connectivity index (χ3v) is 13.3. The molecule has 0 saturated heterocycles. The summed E-state index contributed by atoms with van der Waals surface area (Å²) in [6.45, 7) is 2.28. The first-order valence-electron chi connectivity index (χ1n) is 22.9. The molecule has 0 amide bonds. The van der Waals surface area contributed by atoms with Crippen molar-refractivity contribution < 1.29 is 0 Å². The maximum absolute atomic E-state index is 2.47. The van der Waals surface area contributed by atoms with Crippen LogP contribution in [0.2, 0.25) is 0 Å². The van der Waals surface area contributed by atoms with Crippen LogP contribution in [0.25, 0.3) is 66.1 Å². The average Bonchev–Trinajstić information content (AvgIpc) is 3.88. The topological polar surface area (TPSA) is 16.3 Å². The van der Waals surface area contributed by atoms with Gasteiger partial charge in [-0.2, -0.15) is 0 Å². The van der Waals surface area contributed by atoms with E-state index in [4.69, 9.17) is 0 Å². The molecule has 0 aliphatic heterocycles.